The highest BCUT2D eigenvalue weighted by molar-refractivity contribution is 6.01. The zero-order valence-corrected chi connectivity index (χ0v) is 67.6. The van der Waals surface area contributed by atoms with Crippen molar-refractivity contribution in [3.05, 3.63) is 12.2 Å². The molecule has 0 aromatic carbocycles. The smallest absolute Gasteiger partial charge is 0.381 e. The number of carbonyl (C=O) groups excluding carboxylic acids is 12. The highest BCUT2D eigenvalue weighted by atomic mass is 19.4. The maximum absolute atomic E-state index is 15.8. The Balaban J connectivity index is 1.34. The van der Waals surface area contributed by atoms with Crippen molar-refractivity contribution in [2.75, 3.05) is 96.3 Å². The van der Waals surface area contributed by atoms with Gasteiger partial charge in [-0.05, 0) is 118 Å². The predicted molar refractivity (Wildman–Crippen MR) is 400 cm³/mol. The molecule has 0 radical (unpaired) electrons. The summed E-state index contributed by atoms with van der Waals surface area (Å²) < 4.78 is 54.6. The van der Waals surface area contributed by atoms with Gasteiger partial charge in [-0.1, -0.05) is 125 Å². The Morgan fingerprint density at radius 2 is 1.28 bits per heavy atom. The van der Waals surface area contributed by atoms with Crippen molar-refractivity contribution in [2.45, 2.75) is 275 Å². The van der Waals surface area contributed by atoms with Gasteiger partial charge in [0.2, 0.25) is 70.9 Å². The van der Waals surface area contributed by atoms with Gasteiger partial charge in [-0.2, -0.15) is 13.2 Å². The van der Waals surface area contributed by atoms with Gasteiger partial charge < -0.3 is 69.5 Å². The average Bonchev–Trinajstić information content (AvgIpc) is 0.887. The number of amides is 12. The quantitative estimate of drug-likeness (QED) is 0.138. The number of fused-ring (bicyclic) bond motifs is 3. The van der Waals surface area contributed by atoms with Gasteiger partial charge in [0.25, 0.3) is 0 Å². The molecular formula is C79H129F3N12O14. The Kier molecular flexibility index (Phi) is 31.4. The summed E-state index contributed by atoms with van der Waals surface area (Å²) in [7, 11) is 12.8. The third-order valence-corrected chi connectivity index (χ3v) is 25.2. The molecule has 13 atom stereocenters. The minimum absolute atomic E-state index is 0.00627. The molecule has 7 aliphatic rings. The van der Waals surface area contributed by atoms with E-state index in [-0.39, 0.29) is 102 Å². The molecular weight excluding hydrogens is 1400 g/mol. The highest BCUT2D eigenvalue weighted by Crippen LogP contribution is 2.50. The summed E-state index contributed by atoms with van der Waals surface area (Å²) in [6.45, 7) is 14.1. The molecule has 2 saturated heterocycles. The molecule has 0 aromatic rings. The predicted octanol–water partition coefficient (Wildman–Crippen LogP) is 6.56. The molecule has 4 aliphatic carbocycles. The van der Waals surface area contributed by atoms with Gasteiger partial charge in [0.1, 0.15) is 53.9 Å². The first-order valence-electron chi connectivity index (χ1n) is 39.9. The second-order valence-corrected chi connectivity index (χ2v) is 33.8. The monoisotopic (exact) mass is 1530 g/mol. The number of likely N-dealkylation sites (N-methyl/N-ethyl adjacent to an activating group) is 7. The van der Waals surface area contributed by atoms with Crippen LogP contribution in [0.25, 0.3) is 0 Å². The van der Waals surface area contributed by atoms with E-state index >= 15 is 38.4 Å². The lowest BCUT2D eigenvalue weighted by atomic mass is 9.58. The fraction of sp³-hybridized carbons (Fsp3) is 0.823. The van der Waals surface area contributed by atoms with Crippen LogP contribution in [0.2, 0.25) is 0 Å². The number of hydrogen-bond donors (Lipinski definition) is 3. The highest BCUT2D eigenvalue weighted by Gasteiger charge is 2.59. The molecule has 3 heterocycles. The van der Waals surface area contributed by atoms with E-state index in [1.807, 2.05) is 40.7 Å². The molecule has 3 N–H and O–H groups in total. The summed E-state index contributed by atoms with van der Waals surface area (Å²) >= 11 is 0. The number of hydrogen-bond acceptors (Lipinski definition) is 14. The minimum Gasteiger partial charge on any atom is -0.381 e. The molecule has 26 nitrogen and oxygen atoms in total. The molecule has 3 aliphatic heterocycles. The van der Waals surface area contributed by atoms with E-state index in [0.29, 0.717) is 31.6 Å². The number of rotatable bonds is 16. The molecule has 3 unspecified atom stereocenters. The zero-order chi connectivity index (χ0) is 80.2. The number of carbonyl (C=O) groups is 12. The molecule has 108 heavy (non-hydrogen) atoms. The summed E-state index contributed by atoms with van der Waals surface area (Å²) in [6, 6.07) is -10.1. The maximum Gasteiger partial charge on any atom is 0.394 e. The van der Waals surface area contributed by atoms with Crippen molar-refractivity contribution in [1.29, 1.82) is 0 Å². The first-order valence-corrected chi connectivity index (χ1v) is 39.9. The summed E-state index contributed by atoms with van der Waals surface area (Å²) in [4.78, 5) is 195. The van der Waals surface area contributed by atoms with E-state index in [1.165, 1.54) is 108 Å². The van der Waals surface area contributed by atoms with Crippen LogP contribution in [-0.4, -0.2) is 284 Å². The van der Waals surface area contributed by atoms with Crippen LogP contribution in [0.1, 0.15) is 203 Å². The van der Waals surface area contributed by atoms with Crippen LogP contribution in [0.3, 0.4) is 0 Å². The van der Waals surface area contributed by atoms with Gasteiger partial charge in [0.05, 0.1) is 37.6 Å². The SMILES string of the molecule is CCO[C@@H]1C[C@H]2C(=O)NC3(CC(C)(C)C3)C(=O)N(C)[C@@H](C(CC)CC)C(=O)N(C)[C@H](C(=O)N(C)C)CC(=O)N(C)[C@@H](CC3CCC3)C(=O)N[C@@H]([C@@H](C)CC)C(=O)N(C)CC(=O)N(C)[C@H]3C/C=C\CCN(C3=O)[C@@H](CC3CCC(C)CC3)C(=O)N(C)CC(=O)N[C@@H](CCC3CCC(C(F)(F)F)C(OC)C3)C(=O)N2C1. The van der Waals surface area contributed by atoms with Crippen molar-refractivity contribution in [1.82, 2.24) is 60.0 Å². The van der Waals surface area contributed by atoms with Crippen LogP contribution in [0.5, 0.6) is 0 Å². The molecule has 12 amide bonds. The molecule has 29 heteroatoms. The van der Waals surface area contributed by atoms with Crippen molar-refractivity contribution < 1.29 is 80.2 Å². The van der Waals surface area contributed by atoms with Gasteiger partial charge in [-0.15, -0.1) is 0 Å². The van der Waals surface area contributed by atoms with Gasteiger partial charge in [-0.25, -0.2) is 0 Å². The Morgan fingerprint density at radius 3 is 1.85 bits per heavy atom. The fourth-order valence-corrected chi connectivity index (χ4v) is 18.1. The summed E-state index contributed by atoms with van der Waals surface area (Å²) in [5, 5.41) is 8.94. The van der Waals surface area contributed by atoms with Crippen LogP contribution in [0, 0.1) is 46.8 Å². The lowest BCUT2D eigenvalue weighted by Gasteiger charge is -2.54. The van der Waals surface area contributed by atoms with Crippen LogP contribution in [0.15, 0.2) is 12.2 Å². The molecule has 1 spiro atoms. The molecule has 6 fully saturated rings. The van der Waals surface area contributed by atoms with Gasteiger partial charge in [0, 0.05) is 89.6 Å². The van der Waals surface area contributed by atoms with Crippen LogP contribution < -0.4 is 16.0 Å². The summed E-state index contributed by atoms with van der Waals surface area (Å²) in [6.07, 6.45) is 4.52. The lowest BCUT2D eigenvalue weighted by Crippen LogP contribution is -2.71. The number of alkyl halides is 3. The standard InChI is InChI=1S/C79H129F3N12O14/c1-18-49(6)66-74(104)88(12)45-65(97)89(13)57-28-23-22-24-37-93(73(57)103)61(39-51-31-29-48(5)30-32-51)72(102)87(11)44-63(95)83-56(36-34-52-33-35-55(79(80,81)82)62(40-52)107-17)70(100)94-43-54(108-21-4)41-59(94)69(99)85-78(46-77(7,8)47-78)76(106)92(16)67(53(19-2)20-3)75(105)91(15)60(71(101)86(9)10)42-64(96)90(14)58(68(98)84-66)38-50-26-25-27-50/h22-23,48-62,66-67H,18-21,24-47H2,1-17H3,(H,83,95)(H,84,98)(H,85,99)/b23-22-/t48?,49-,51?,52?,54+,55?,56-,57-,58-,59-,60-,61-,62?,66-,67-/m0/s1. The lowest BCUT2D eigenvalue weighted by molar-refractivity contribution is -0.215. The Labute approximate surface area is 639 Å². The number of ether oxygens (including phenoxy) is 2. The molecule has 4 saturated carbocycles. The third kappa shape index (κ3) is 21.4. The Bertz CT molecular complexity index is 3200. The summed E-state index contributed by atoms with van der Waals surface area (Å²) in [5.41, 5.74) is -2.20. The zero-order valence-electron chi connectivity index (χ0n) is 67.6. The number of methoxy groups -OCH3 is 1. The summed E-state index contributed by atoms with van der Waals surface area (Å²) in [5.74, 6) is -10.5. The van der Waals surface area contributed by atoms with Crippen LogP contribution in [0.4, 0.5) is 13.2 Å². The molecule has 7 rings (SSSR count). The van der Waals surface area contributed by atoms with Gasteiger partial charge in [-0.3, -0.25) is 57.5 Å². The van der Waals surface area contributed by atoms with E-state index in [4.69, 9.17) is 9.47 Å². The molecule has 0 aromatic heterocycles. The second kappa shape index (κ2) is 38.3. The third-order valence-electron chi connectivity index (χ3n) is 25.2. The minimum atomic E-state index is -4.52. The Hall–Kier alpha value is -6.91. The van der Waals surface area contributed by atoms with Crippen LogP contribution in [-0.2, 0) is 67.0 Å². The number of nitrogens with one attached hydrogen (secondary N) is 3. The van der Waals surface area contributed by atoms with E-state index in [2.05, 4.69) is 22.9 Å². The maximum atomic E-state index is 15.8. The van der Waals surface area contributed by atoms with Crippen molar-refractivity contribution in [3.8, 4) is 0 Å². The van der Waals surface area contributed by atoms with Gasteiger partial charge in [0.15, 0.2) is 0 Å². The van der Waals surface area contributed by atoms with Crippen LogP contribution >= 0.6 is 0 Å². The first-order chi connectivity index (χ1) is 50.8. The fourth-order valence-electron chi connectivity index (χ4n) is 18.1. The van der Waals surface area contributed by atoms with Crippen molar-refractivity contribution in [2.24, 2.45) is 46.8 Å². The van der Waals surface area contributed by atoms with Crippen molar-refractivity contribution >= 4 is 70.9 Å². The first kappa shape index (κ1) is 88.3. The molecule has 2 bridgehead atoms. The van der Waals surface area contributed by atoms with E-state index in [9.17, 15) is 32.3 Å². The molecule has 610 valence electrons. The van der Waals surface area contributed by atoms with Gasteiger partial charge >= 0.3 is 6.18 Å². The largest absolute Gasteiger partial charge is 0.394 e. The van der Waals surface area contributed by atoms with Crippen molar-refractivity contribution in [3.63, 3.8) is 0 Å². The second-order valence-electron chi connectivity index (χ2n) is 33.8. The number of nitrogens with zero attached hydrogens (tertiary/aromatic N) is 9. The van der Waals surface area contributed by atoms with E-state index < -0.39 is 192 Å². The van der Waals surface area contributed by atoms with E-state index in [0.717, 1.165) is 44.9 Å². The topological polar surface area (TPSA) is 289 Å². The average molecular weight is 1530 g/mol. The normalized spacial score (nSPS) is 31.5. The Morgan fingerprint density at radius 1 is 0.657 bits per heavy atom. The number of halogens is 3. The van der Waals surface area contributed by atoms with E-state index in [1.54, 1.807) is 19.9 Å².